The van der Waals surface area contributed by atoms with Gasteiger partial charge in [-0.1, -0.05) is 60.7 Å². The molecule has 6 heterocycles. The Balaban J connectivity index is 0.000000227. The summed E-state index contributed by atoms with van der Waals surface area (Å²) in [4.78, 5) is 200. The average Bonchev–Trinajstić information content (AvgIpc) is 1.80. The lowest BCUT2D eigenvalue weighted by molar-refractivity contribution is -0.384. The van der Waals surface area contributed by atoms with Crippen LogP contribution in [0.4, 0.5) is 17.1 Å². The molecule has 10 rings (SSSR count). The van der Waals surface area contributed by atoms with Crippen molar-refractivity contribution in [2.24, 2.45) is 0 Å². The molecule has 0 bridgehead atoms. The number of non-ortho nitro benzene ring substituents is 1. The number of nitro groups is 1. The molecular formula is C79H95N9O23. The van der Waals surface area contributed by atoms with Crippen LogP contribution < -0.4 is 11.5 Å². The molecule has 6 aliphatic rings. The lowest BCUT2D eigenvalue weighted by Gasteiger charge is -2.28. The van der Waals surface area contributed by atoms with E-state index in [1.807, 2.05) is 72.8 Å². The number of carboxylic acids is 1. The van der Waals surface area contributed by atoms with E-state index in [1.54, 1.807) is 12.1 Å². The number of nitrogen functional groups attached to an aromatic ring is 2. The van der Waals surface area contributed by atoms with Crippen LogP contribution in [-0.2, 0) is 128 Å². The van der Waals surface area contributed by atoms with Crippen LogP contribution in [0.15, 0.2) is 121 Å². The summed E-state index contributed by atoms with van der Waals surface area (Å²) in [5, 5.41) is 18.9. The van der Waals surface area contributed by atoms with Gasteiger partial charge in [-0.3, -0.25) is 116 Å². The van der Waals surface area contributed by atoms with Crippen LogP contribution in [0.5, 0.6) is 0 Å². The van der Waals surface area contributed by atoms with E-state index in [-0.39, 0.29) is 139 Å². The minimum Gasteiger partial charge on any atom is -0.481 e. The number of nitrogens with two attached hydrogens (primary N) is 2. The van der Waals surface area contributed by atoms with Gasteiger partial charge in [0, 0.05) is 190 Å². The number of amides is 12. The third kappa shape index (κ3) is 32.3. The zero-order valence-corrected chi connectivity index (χ0v) is 62.0. The Morgan fingerprint density at radius 2 is 0.649 bits per heavy atom. The first-order valence-electron chi connectivity index (χ1n) is 36.7. The van der Waals surface area contributed by atoms with E-state index in [0.29, 0.717) is 193 Å². The number of Topliss-reactive ketones (excluding diaryl/α,β-unsaturated/α-hetero) is 3. The first-order valence-corrected chi connectivity index (χ1v) is 36.7. The van der Waals surface area contributed by atoms with E-state index in [1.165, 1.54) is 56.0 Å². The maximum atomic E-state index is 12.2. The molecular weight excluding hydrogens is 1440 g/mol. The van der Waals surface area contributed by atoms with Gasteiger partial charge in [-0.15, -0.1) is 0 Å². The van der Waals surface area contributed by atoms with E-state index >= 15 is 0 Å². The van der Waals surface area contributed by atoms with Crippen molar-refractivity contribution in [1.29, 1.82) is 0 Å². The van der Waals surface area contributed by atoms with Crippen molar-refractivity contribution in [2.75, 3.05) is 104 Å². The Morgan fingerprint density at radius 3 is 0.937 bits per heavy atom. The number of carboxylic acid groups (broad SMARTS) is 1. The Morgan fingerprint density at radius 1 is 0.360 bits per heavy atom. The van der Waals surface area contributed by atoms with E-state index in [9.17, 15) is 86.8 Å². The molecule has 111 heavy (non-hydrogen) atoms. The van der Waals surface area contributed by atoms with Crippen LogP contribution in [0.25, 0.3) is 0 Å². The van der Waals surface area contributed by atoms with Gasteiger partial charge in [0.05, 0.1) is 51.0 Å². The summed E-state index contributed by atoms with van der Waals surface area (Å²) >= 11 is 0. The van der Waals surface area contributed by atoms with Crippen LogP contribution in [0.2, 0.25) is 0 Å². The molecule has 4 aromatic carbocycles. The number of nitrogens with zero attached hydrogens (tertiary/aromatic N) is 7. The van der Waals surface area contributed by atoms with Gasteiger partial charge in [0.2, 0.25) is 47.3 Å². The van der Waals surface area contributed by atoms with Gasteiger partial charge in [-0.25, -0.2) is 0 Å². The highest BCUT2D eigenvalue weighted by atomic mass is 16.6. The van der Waals surface area contributed by atoms with Crippen molar-refractivity contribution in [3.8, 4) is 0 Å². The summed E-state index contributed by atoms with van der Waals surface area (Å²) in [6.45, 7) is 5.04. The first-order chi connectivity index (χ1) is 53.2. The molecule has 0 spiro atoms. The normalized spacial score (nSPS) is 14.5. The van der Waals surface area contributed by atoms with Gasteiger partial charge in [-0.05, 0) is 90.6 Å². The van der Waals surface area contributed by atoms with Crippen molar-refractivity contribution >= 4 is 111 Å². The summed E-state index contributed by atoms with van der Waals surface area (Å²) in [5.74, 6) is -3.22. The summed E-state index contributed by atoms with van der Waals surface area (Å²) in [7, 11) is 0. The number of rotatable bonds is 41. The van der Waals surface area contributed by atoms with Gasteiger partial charge in [0.1, 0.15) is 17.3 Å². The van der Waals surface area contributed by atoms with Crippen LogP contribution in [-0.4, -0.2) is 226 Å². The fourth-order valence-electron chi connectivity index (χ4n) is 10.9. The molecule has 0 unspecified atom stereocenters. The minimum absolute atomic E-state index is 0.0274. The largest absolute Gasteiger partial charge is 0.481 e. The van der Waals surface area contributed by atoms with E-state index in [0.717, 1.165) is 37.6 Å². The molecule has 0 saturated carbocycles. The van der Waals surface area contributed by atoms with Gasteiger partial charge >= 0.3 is 5.97 Å². The van der Waals surface area contributed by atoms with Gasteiger partial charge < -0.3 is 35.5 Å². The fraction of sp³-hybridized carbons (Fsp3) is 0.443. The molecule has 0 aliphatic carbocycles. The van der Waals surface area contributed by atoms with Gasteiger partial charge in [0.25, 0.3) is 29.3 Å². The van der Waals surface area contributed by atoms with Crippen molar-refractivity contribution in [3.63, 3.8) is 0 Å². The monoisotopic (exact) mass is 1540 g/mol. The molecule has 4 saturated heterocycles. The number of anilines is 2. The number of aryl methyl sites for hydroxylation is 4. The Kier molecular flexibility index (Phi) is 37.8. The van der Waals surface area contributed by atoms with E-state index in [2.05, 4.69) is 0 Å². The van der Waals surface area contributed by atoms with Crippen molar-refractivity contribution in [1.82, 2.24) is 29.4 Å². The van der Waals surface area contributed by atoms with Crippen LogP contribution in [0.3, 0.4) is 0 Å². The molecule has 32 heteroatoms. The predicted octanol–water partition coefficient (Wildman–Crippen LogP) is 4.94. The highest BCUT2D eigenvalue weighted by molar-refractivity contribution is 6.14. The molecule has 12 amide bonds. The Bertz CT molecular complexity index is 3890. The molecule has 0 atom stereocenters. The number of likely N-dealkylation sites (tertiary alicyclic amines) is 4. The topological polar surface area (TPSA) is 445 Å². The molecule has 5 N–H and O–H groups in total. The summed E-state index contributed by atoms with van der Waals surface area (Å²) in [6.07, 6.45) is 13.0. The number of nitro benzene ring substituents is 1. The second kappa shape index (κ2) is 47.4. The minimum atomic E-state index is -0.905. The maximum Gasteiger partial charge on any atom is 0.305 e. The molecule has 4 fully saturated rings. The van der Waals surface area contributed by atoms with E-state index < -0.39 is 10.9 Å². The first kappa shape index (κ1) is 88.4. The molecule has 0 aromatic heterocycles. The smallest absolute Gasteiger partial charge is 0.305 e. The summed E-state index contributed by atoms with van der Waals surface area (Å²) in [6, 6.07) is 28.5. The zero-order chi connectivity index (χ0) is 80.6. The standard InChI is InChI=1S/C28H34N2O8.C15H21NO7.C12H12N2O4.2C12H14N2O2/c31-23(11-14-29-26(34)9-10-27(29)35)2-1-16-37-18-19-38-17-13-24(32)20-22-5-3-21(4-6-22)7-8-25(33)30-15-12-28(30)36;17-12(5-7-16-13(18)3-4-14(16)19)2-1-8-22-10-11-23-9-6-15(20)21;15-11(13-8-7-12(13)16)6-3-9-1-4-10(5-2-9)14(17)18;2*13-10-4-1-9(2-5-10)3-6-11(15)14-8-7-12(14)16/h3-6,9-10H,1-2,7-8,11-20H2;3-4H,1-2,5-11H2,(H,20,21);1-2,4-5H,3,6-8H2;2*1-2,4-5H,3,6-8,13H2. The second-order valence-electron chi connectivity index (χ2n) is 26.1. The Hall–Kier alpha value is -11.5. The van der Waals surface area contributed by atoms with Crippen molar-refractivity contribution < 1.29 is 106 Å². The third-order valence-corrected chi connectivity index (χ3v) is 17.9. The average molecular weight is 1540 g/mol. The van der Waals surface area contributed by atoms with Crippen LogP contribution >= 0.6 is 0 Å². The number of ketones is 3. The van der Waals surface area contributed by atoms with Gasteiger partial charge in [0.15, 0.2) is 0 Å². The maximum absolute atomic E-state index is 12.2. The highest BCUT2D eigenvalue weighted by Gasteiger charge is 2.33. The number of β-lactam (4-membered cyclic amide) rings is 4. The number of hydrogen-bond acceptors (Lipinski definition) is 24. The number of hydrogen-bond donors (Lipinski definition) is 3. The lowest BCUT2D eigenvalue weighted by atomic mass is 10.0. The Labute approximate surface area is 641 Å². The lowest BCUT2D eigenvalue weighted by Crippen LogP contribution is -2.47. The van der Waals surface area contributed by atoms with Crippen molar-refractivity contribution in [2.45, 2.75) is 135 Å². The number of ether oxygens (including phenoxy) is 4. The fourth-order valence-corrected chi connectivity index (χ4v) is 10.9. The molecule has 0 radical (unpaired) electrons. The van der Waals surface area contributed by atoms with Crippen LogP contribution in [0, 0.1) is 10.1 Å². The number of carbonyl (C=O) groups is 16. The highest BCUT2D eigenvalue weighted by Crippen LogP contribution is 2.20. The summed E-state index contributed by atoms with van der Waals surface area (Å²) in [5.41, 5.74) is 17.4. The SMILES string of the molecule is Nc1ccc(CCC(=O)N2CCC2=O)cc1.Nc1ccc(CCC(=O)N2CCC2=O)cc1.O=C(CCCOCCOCCC(=O)Cc1ccc(CCC(=O)N2CCC2=O)cc1)CCN1C(=O)C=CC1=O.O=C(CCc1ccc([N+](=O)[O-])cc1)N1CCC1=O.O=C(O)CCOCCOCCCC(=O)CCN1C(=O)C=CC1=O. The number of aliphatic carboxylic acids is 1. The molecule has 6 aliphatic heterocycles. The molecule has 594 valence electrons. The zero-order valence-electron chi connectivity index (χ0n) is 62.0. The molecule has 4 aromatic rings. The van der Waals surface area contributed by atoms with E-state index in [4.69, 9.17) is 35.5 Å². The molecule has 32 nitrogen and oxygen atoms in total. The second-order valence-corrected chi connectivity index (χ2v) is 26.1. The number of imide groups is 6. The third-order valence-electron chi connectivity index (χ3n) is 17.9. The number of benzene rings is 4. The quantitative estimate of drug-likeness (QED) is 0.0132. The predicted molar refractivity (Wildman–Crippen MR) is 398 cm³/mol. The van der Waals surface area contributed by atoms with Crippen molar-refractivity contribution in [3.05, 3.63) is 159 Å². The van der Waals surface area contributed by atoms with Gasteiger partial charge in [-0.2, -0.15) is 0 Å². The van der Waals surface area contributed by atoms with Crippen LogP contribution in [0.1, 0.15) is 131 Å². The summed E-state index contributed by atoms with van der Waals surface area (Å²) < 4.78 is 21.2. The number of carbonyl (C=O) groups excluding carboxylic acids is 15.